The molecule has 0 saturated heterocycles. The van der Waals surface area contributed by atoms with E-state index in [1.165, 1.54) is 6.08 Å². The first kappa shape index (κ1) is 9.38. The molecule has 1 aliphatic rings. The maximum Gasteiger partial charge on any atom is 0.325 e. The summed E-state index contributed by atoms with van der Waals surface area (Å²) in [4.78, 5) is 21.9. The molecule has 1 heterocycles. The van der Waals surface area contributed by atoms with E-state index < -0.39 is 17.4 Å². The third-order valence-electron chi connectivity index (χ3n) is 2.39. The smallest absolute Gasteiger partial charge is 0.325 e. The fourth-order valence-corrected chi connectivity index (χ4v) is 1.45. The number of rotatable bonds is 2. The van der Waals surface area contributed by atoms with E-state index in [1.54, 1.807) is 0 Å². The van der Waals surface area contributed by atoms with Gasteiger partial charge >= 0.3 is 11.9 Å². The first-order valence-electron chi connectivity index (χ1n) is 4.12. The van der Waals surface area contributed by atoms with Gasteiger partial charge in [0.05, 0.1) is 5.69 Å². The van der Waals surface area contributed by atoms with E-state index in [9.17, 15) is 9.59 Å². The predicted octanol–water partition coefficient (Wildman–Crippen LogP) is -0.470. The van der Waals surface area contributed by atoms with E-state index in [0.717, 1.165) is 6.08 Å². The van der Waals surface area contributed by atoms with Crippen LogP contribution < -0.4 is 0 Å². The molecular formula is C8H7N3O4. The lowest BCUT2D eigenvalue weighted by Gasteiger charge is -2.22. The number of hydrogen-bond donors (Lipinski definition) is 3. The largest absolute Gasteiger partial charge is 0.480 e. The molecule has 0 radical (unpaired) electrons. The highest BCUT2D eigenvalue weighted by atomic mass is 16.4. The van der Waals surface area contributed by atoms with Gasteiger partial charge in [-0.05, 0) is 6.08 Å². The zero-order chi connectivity index (χ0) is 11.1. The van der Waals surface area contributed by atoms with Gasteiger partial charge in [-0.2, -0.15) is 15.4 Å². The van der Waals surface area contributed by atoms with Crippen LogP contribution in [0.25, 0.3) is 6.08 Å². The van der Waals surface area contributed by atoms with Crippen molar-refractivity contribution in [1.82, 2.24) is 15.4 Å². The van der Waals surface area contributed by atoms with E-state index in [0.29, 0.717) is 11.4 Å². The summed E-state index contributed by atoms with van der Waals surface area (Å²) in [5, 5.41) is 27.6. The Balaban J connectivity index is 2.49. The average Bonchev–Trinajstić information content (AvgIpc) is 2.62. The number of nitrogens with one attached hydrogen (secondary N) is 1. The summed E-state index contributed by atoms with van der Waals surface area (Å²) in [6.45, 7) is 0. The van der Waals surface area contributed by atoms with Gasteiger partial charge in [0.25, 0.3) is 0 Å². The summed E-state index contributed by atoms with van der Waals surface area (Å²) in [6.07, 6.45) is 2.28. The Morgan fingerprint density at radius 2 is 2.00 bits per heavy atom. The Morgan fingerprint density at radius 3 is 2.60 bits per heavy atom. The molecule has 0 spiro atoms. The number of nitrogens with zero attached hydrogens (tertiary/aromatic N) is 2. The summed E-state index contributed by atoms with van der Waals surface area (Å²) < 4.78 is 0. The number of aromatic nitrogens is 3. The van der Waals surface area contributed by atoms with Crippen molar-refractivity contribution < 1.29 is 19.8 Å². The van der Waals surface area contributed by atoms with Crippen molar-refractivity contribution >= 4 is 18.0 Å². The summed E-state index contributed by atoms with van der Waals surface area (Å²) in [5.41, 5.74) is -1.10. The van der Waals surface area contributed by atoms with Gasteiger partial charge in [-0.25, -0.2) is 0 Å². The minimum atomic E-state index is -1.93. The quantitative estimate of drug-likeness (QED) is 0.567. The molecular weight excluding hydrogens is 202 g/mol. The number of carboxylic acids is 2. The van der Waals surface area contributed by atoms with E-state index >= 15 is 0 Å². The molecule has 1 aromatic rings. The van der Waals surface area contributed by atoms with Crippen LogP contribution in [-0.4, -0.2) is 37.6 Å². The van der Waals surface area contributed by atoms with Gasteiger partial charge in [0, 0.05) is 6.42 Å². The molecule has 0 atom stereocenters. The number of carbonyl (C=O) groups is 2. The van der Waals surface area contributed by atoms with Gasteiger partial charge in [-0.1, -0.05) is 6.08 Å². The number of aliphatic carboxylic acids is 2. The lowest BCUT2D eigenvalue weighted by atomic mass is 9.79. The number of aromatic amines is 1. The SMILES string of the molecule is O=C(O)C1(C(=O)O)C=Cc2n[nH]nc2C1. The van der Waals surface area contributed by atoms with Crippen molar-refractivity contribution in [3.05, 3.63) is 17.5 Å². The summed E-state index contributed by atoms with van der Waals surface area (Å²) in [6, 6.07) is 0. The van der Waals surface area contributed by atoms with E-state index in [-0.39, 0.29) is 6.42 Å². The van der Waals surface area contributed by atoms with Crippen molar-refractivity contribution in [1.29, 1.82) is 0 Å². The molecule has 0 saturated carbocycles. The molecule has 15 heavy (non-hydrogen) atoms. The summed E-state index contributed by atoms with van der Waals surface area (Å²) >= 11 is 0. The van der Waals surface area contributed by atoms with Gasteiger partial charge in [0.2, 0.25) is 0 Å². The molecule has 1 aromatic heterocycles. The summed E-state index contributed by atoms with van der Waals surface area (Å²) in [7, 11) is 0. The Hall–Kier alpha value is -2.18. The lowest BCUT2D eigenvalue weighted by molar-refractivity contribution is -0.160. The fourth-order valence-electron chi connectivity index (χ4n) is 1.45. The molecule has 0 aromatic carbocycles. The topological polar surface area (TPSA) is 116 Å². The van der Waals surface area contributed by atoms with Crippen molar-refractivity contribution in [3.63, 3.8) is 0 Å². The van der Waals surface area contributed by atoms with E-state index in [1.807, 2.05) is 0 Å². The van der Waals surface area contributed by atoms with Crippen LogP contribution in [-0.2, 0) is 16.0 Å². The van der Waals surface area contributed by atoms with Crippen LogP contribution in [0.1, 0.15) is 11.4 Å². The van der Waals surface area contributed by atoms with E-state index in [2.05, 4.69) is 15.4 Å². The Morgan fingerprint density at radius 1 is 1.33 bits per heavy atom. The highest BCUT2D eigenvalue weighted by molar-refractivity contribution is 6.02. The second-order valence-electron chi connectivity index (χ2n) is 3.25. The number of H-pyrrole nitrogens is 1. The molecule has 78 valence electrons. The lowest BCUT2D eigenvalue weighted by Crippen LogP contribution is -2.40. The van der Waals surface area contributed by atoms with Gasteiger partial charge in [0.15, 0.2) is 5.41 Å². The highest BCUT2D eigenvalue weighted by Crippen LogP contribution is 2.31. The van der Waals surface area contributed by atoms with Crippen LogP contribution in [0.3, 0.4) is 0 Å². The molecule has 7 nitrogen and oxygen atoms in total. The van der Waals surface area contributed by atoms with Crippen molar-refractivity contribution in [2.75, 3.05) is 0 Å². The fraction of sp³-hybridized carbons (Fsp3) is 0.250. The maximum absolute atomic E-state index is 11.0. The van der Waals surface area contributed by atoms with Crippen LogP contribution in [0.15, 0.2) is 6.08 Å². The van der Waals surface area contributed by atoms with Crippen LogP contribution in [0.5, 0.6) is 0 Å². The Kier molecular flexibility index (Phi) is 1.82. The standard InChI is InChI=1S/C8H7N3O4/c12-6(13)8(7(14)15)2-1-4-5(3-8)10-11-9-4/h1-2H,3H2,(H,12,13)(H,14,15)(H,9,10,11). The molecule has 1 aliphatic carbocycles. The maximum atomic E-state index is 11.0. The molecule has 0 bridgehead atoms. The van der Waals surface area contributed by atoms with Crippen molar-refractivity contribution in [2.45, 2.75) is 6.42 Å². The molecule has 0 fully saturated rings. The van der Waals surface area contributed by atoms with Crippen LogP contribution in [0.2, 0.25) is 0 Å². The zero-order valence-corrected chi connectivity index (χ0v) is 7.47. The van der Waals surface area contributed by atoms with Gasteiger partial charge in [-0.3, -0.25) is 9.59 Å². The second kappa shape index (κ2) is 2.91. The highest BCUT2D eigenvalue weighted by Gasteiger charge is 2.47. The van der Waals surface area contributed by atoms with Gasteiger partial charge in [0.1, 0.15) is 5.69 Å². The normalized spacial score (nSPS) is 17.1. The first-order valence-corrected chi connectivity index (χ1v) is 4.12. The van der Waals surface area contributed by atoms with Crippen LogP contribution in [0, 0.1) is 5.41 Å². The molecule has 0 amide bonds. The zero-order valence-electron chi connectivity index (χ0n) is 7.47. The second-order valence-corrected chi connectivity index (χ2v) is 3.25. The molecule has 0 aliphatic heterocycles. The number of carboxylic acid groups (broad SMARTS) is 2. The molecule has 7 heteroatoms. The summed E-state index contributed by atoms with van der Waals surface area (Å²) in [5.74, 6) is -2.81. The minimum absolute atomic E-state index is 0.194. The van der Waals surface area contributed by atoms with Crippen molar-refractivity contribution in [3.8, 4) is 0 Å². The minimum Gasteiger partial charge on any atom is -0.480 e. The van der Waals surface area contributed by atoms with Crippen LogP contribution in [0.4, 0.5) is 0 Å². The van der Waals surface area contributed by atoms with Gasteiger partial charge < -0.3 is 10.2 Å². The molecule has 2 rings (SSSR count). The number of fused-ring (bicyclic) bond motifs is 1. The van der Waals surface area contributed by atoms with Gasteiger partial charge in [-0.15, -0.1) is 0 Å². The number of hydrogen-bond acceptors (Lipinski definition) is 4. The third kappa shape index (κ3) is 1.20. The Labute approximate surface area is 83.4 Å². The van der Waals surface area contributed by atoms with Crippen LogP contribution >= 0.6 is 0 Å². The Bertz CT molecular complexity index is 448. The van der Waals surface area contributed by atoms with E-state index in [4.69, 9.17) is 10.2 Å². The monoisotopic (exact) mass is 209 g/mol. The third-order valence-corrected chi connectivity index (χ3v) is 2.39. The molecule has 0 unspecified atom stereocenters. The predicted molar refractivity (Wildman–Crippen MR) is 46.8 cm³/mol. The average molecular weight is 209 g/mol. The van der Waals surface area contributed by atoms with Crippen molar-refractivity contribution in [2.24, 2.45) is 5.41 Å². The molecule has 3 N–H and O–H groups in total. The first-order chi connectivity index (χ1) is 7.06.